The van der Waals surface area contributed by atoms with Gasteiger partial charge in [-0.25, -0.2) is 4.98 Å². The minimum Gasteiger partial charge on any atom is -0.305 e. The maximum atomic E-state index is 12.3. The molecule has 0 saturated carbocycles. The molecular weight excluding hydrogens is 288 g/mol. The molecule has 2 N–H and O–H groups in total. The summed E-state index contributed by atoms with van der Waals surface area (Å²) in [6.07, 6.45) is 1.74. The van der Waals surface area contributed by atoms with Gasteiger partial charge in [-0.2, -0.15) is 5.10 Å². The number of nitrogens with zero attached hydrogens (tertiary/aromatic N) is 2. The third-order valence-corrected chi connectivity index (χ3v) is 3.27. The van der Waals surface area contributed by atoms with Crippen molar-refractivity contribution in [2.75, 3.05) is 5.32 Å². The highest BCUT2D eigenvalue weighted by Crippen LogP contribution is 2.17. The maximum Gasteiger partial charge on any atom is 0.257 e. The van der Waals surface area contributed by atoms with Crippen LogP contribution >= 0.6 is 11.6 Å². The SMILES string of the molecule is CCCc1cc(C(=O)Nc2cc(C(C)C)[nH]n2)cc(Cl)n1. The Morgan fingerprint density at radius 3 is 2.76 bits per heavy atom. The van der Waals surface area contributed by atoms with Gasteiger partial charge in [-0.3, -0.25) is 9.89 Å². The van der Waals surface area contributed by atoms with Gasteiger partial charge in [-0.05, 0) is 24.5 Å². The molecule has 2 rings (SSSR count). The lowest BCUT2D eigenvalue weighted by molar-refractivity contribution is 0.102. The van der Waals surface area contributed by atoms with Crippen molar-refractivity contribution in [1.29, 1.82) is 0 Å². The molecular formula is C15H19ClN4O. The summed E-state index contributed by atoms with van der Waals surface area (Å²) in [7, 11) is 0. The van der Waals surface area contributed by atoms with Crippen LogP contribution in [0, 0.1) is 0 Å². The van der Waals surface area contributed by atoms with E-state index in [2.05, 4.69) is 41.3 Å². The van der Waals surface area contributed by atoms with E-state index in [-0.39, 0.29) is 5.91 Å². The number of anilines is 1. The molecule has 1 amide bonds. The Balaban J connectivity index is 2.15. The second kappa shape index (κ2) is 6.72. The number of carbonyl (C=O) groups is 1. The van der Waals surface area contributed by atoms with Crippen LogP contribution < -0.4 is 5.32 Å². The molecule has 0 bridgehead atoms. The zero-order chi connectivity index (χ0) is 15.4. The van der Waals surface area contributed by atoms with Gasteiger partial charge >= 0.3 is 0 Å². The Kier molecular flexibility index (Phi) is 4.96. The smallest absolute Gasteiger partial charge is 0.257 e. The van der Waals surface area contributed by atoms with E-state index in [4.69, 9.17) is 11.6 Å². The van der Waals surface area contributed by atoms with Crippen LogP contribution in [-0.2, 0) is 6.42 Å². The number of halogens is 1. The van der Waals surface area contributed by atoms with E-state index >= 15 is 0 Å². The van der Waals surface area contributed by atoms with Crippen molar-refractivity contribution in [2.24, 2.45) is 0 Å². The quantitative estimate of drug-likeness (QED) is 0.826. The average Bonchev–Trinajstić information content (AvgIpc) is 2.87. The summed E-state index contributed by atoms with van der Waals surface area (Å²) in [5.74, 6) is 0.599. The Morgan fingerprint density at radius 2 is 2.14 bits per heavy atom. The van der Waals surface area contributed by atoms with Gasteiger partial charge in [0.1, 0.15) is 5.15 Å². The minimum atomic E-state index is -0.238. The van der Waals surface area contributed by atoms with E-state index in [0.29, 0.717) is 22.5 Å². The molecule has 0 aromatic carbocycles. The van der Waals surface area contributed by atoms with Crippen molar-refractivity contribution >= 4 is 23.3 Å². The summed E-state index contributed by atoms with van der Waals surface area (Å²) in [4.78, 5) is 16.5. The van der Waals surface area contributed by atoms with Gasteiger partial charge in [0.25, 0.3) is 5.91 Å². The molecule has 0 fully saturated rings. The fourth-order valence-electron chi connectivity index (χ4n) is 1.95. The molecule has 2 heterocycles. The van der Waals surface area contributed by atoms with E-state index in [0.717, 1.165) is 24.2 Å². The molecule has 112 valence electrons. The lowest BCUT2D eigenvalue weighted by Gasteiger charge is -2.05. The van der Waals surface area contributed by atoms with E-state index in [1.807, 2.05) is 6.07 Å². The van der Waals surface area contributed by atoms with E-state index in [1.165, 1.54) is 0 Å². The lowest BCUT2D eigenvalue weighted by atomic mass is 10.1. The minimum absolute atomic E-state index is 0.238. The zero-order valence-corrected chi connectivity index (χ0v) is 13.2. The maximum absolute atomic E-state index is 12.3. The van der Waals surface area contributed by atoms with Crippen molar-refractivity contribution < 1.29 is 4.79 Å². The van der Waals surface area contributed by atoms with Crippen LogP contribution in [0.4, 0.5) is 5.82 Å². The van der Waals surface area contributed by atoms with Gasteiger partial charge in [-0.1, -0.05) is 38.8 Å². The first-order valence-electron chi connectivity index (χ1n) is 7.02. The molecule has 0 saturated heterocycles. The number of hydrogen-bond acceptors (Lipinski definition) is 3. The molecule has 0 aliphatic rings. The second-order valence-corrected chi connectivity index (χ2v) is 5.62. The van der Waals surface area contributed by atoms with Gasteiger partial charge in [0.2, 0.25) is 0 Å². The van der Waals surface area contributed by atoms with Gasteiger partial charge in [0.15, 0.2) is 5.82 Å². The highest BCUT2D eigenvalue weighted by molar-refractivity contribution is 6.29. The summed E-state index contributed by atoms with van der Waals surface area (Å²) in [6, 6.07) is 5.16. The molecule has 0 unspecified atom stereocenters. The van der Waals surface area contributed by atoms with Crippen LogP contribution in [0.3, 0.4) is 0 Å². The zero-order valence-electron chi connectivity index (χ0n) is 12.4. The van der Waals surface area contributed by atoms with Gasteiger partial charge < -0.3 is 5.32 Å². The fraction of sp³-hybridized carbons (Fsp3) is 0.400. The molecule has 0 atom stereocenters. The molecule has 0 aliphatic carbocycles. The number of H-pyrrole nitrogens is 1. The van der Waals surface area contributed by atoms with Crippen molar-refractivity contribution in [3.8, 4) is 0 Å². The van der Waals surface area contributed by atoms with E-state index < -0.39 is 0 Å². The van der Waals surface area contributed by atoms with Crippen molar-refractivity contribution in [2.45, 2.75) is 39.5 Å². The summed E-state index contributed by atoms with van der Waals surface area (Å²) < 4.78 is 0. The van der Waals surface area contributed by atoms with E-state index in [1.54, 1.807) is 12.1 Å². The highest BCUT2D eigenvalue weighted by atomic mass is 35.5. The topological polar surface area (TPSA) is 70.7 Å². The number of aromatic amines is 1. The fourth-order valence-corrected chi connectivity index (χ4v) is 2.18. The number of hydrogen-bond donors (Lipinski definition) is 2. The first-order chi connectivity index (χ1) is 9.99. The Bertz CT molecular complexity index is 636. The largest absolute Gasteiger partial charge is 0.305 e. The number of aryl methyl sites for hydroxylation is 1. The molecule has 21 heavy (non-hydrogen) atoms. The van der Waals surface area contributed by atoms with Crippen LogP contribution in [0.2, 0.25) is 5.15 Å². The Morgan fingerprint density at radius 1 is 1.38 bits per heavy atom. The highest BCUT2D eigenvalue weighted by Gasteiger charge is 2.12. The predicted octanol–water partition coefficient (Wildman–Crippen LogP) is 3.79. The molecule has 0 aliphatic heterocycles. The third kappa shape index (κ3) is 4.04. The van der Waals surface area contributed by atoms with Crippen LogP contribution in [-0.4, -0.2) is 21.1 Å². The summed E-state index contributed by atoms with van der Waals surface area (Å²) in [5, 5.41) is 10.1. The standard InChI is InChI=1S/C15H19ClN4O/c1-4-5-11-6-10(7-13(16)17-11)15(21)18-14-8-12(9(2)3)19-20-14/h6-9H,4-5H2,1-3H3,(H2,18,19,20,21). The lowest BCUT2D eigenvalue weighted by Crippen LogP contribution is -2.13. The predicted molar refractivity (Wildman–Crippen MR) is 83.9 cm³/mol. The van der Waals surface area contributed by atoms with Crippen LogP contribution in [0.25, 0.3) is 0 Å². The number of carbonyl (C=O) groups excluding carboxylic acids is 1. The average molecular weight is 307 g/mol. The van der Waals surface area contributed by atoms with Crippen LogP contribution in [0.15, 0.2) is 18.2 Å². The normalized spacial score (nSPS) is 10.9. The van der Waals surface area contributed by atoms with Crippen molar-refractivity contribution in [3.63, 3.8) is 0 Å². The van der Waals surface area contributed by atoms with E-state index in [9.17, 15) is 4.79 Å². The Hall–Kier alpha value is -1.88. The van der Waals surface area contributed by atoms with Gasteiger partial charge in [-0.15, -0.1) is 0 Å². The second-order valence-electron chi connectivity index (χ2n) is 5.24. The van der Waals surface area contributed by atoms with Crippen molar-refractivity contribution in [1.82, 2.24) is 15.2 Å². The van der Waals surface area contributed by atoms with Crippen molar-refractivity contribution in [3.05, 3.63) is 40.3 Å². The molecule has 2 aromatic rings. The summed E-state index contributed by atoms with van der Waals surface area (Å²) in [6.45, 7) is 6.16. The number of amides is 1. The van der Waals surface area contributed by atoms with Crippen LogP contribution in [0.5, 0.6) is 0 Å². The number of nitrogens with one attached hydrogen (secondary N) is 2. The first-order valence-corrected chi connectivity index (χ1v) is 7.40. The number of aromatic nitrogens is 3. The number of pyridine rings is 1. The van der Waals surface area contributed by atoms with Gasteiger partial charge in [0.05, 0.1) is 0 Å². The molecule has 5 nitrogen and oxygen atoms in total. The molecule has 0 spiro atoms. The summed E-state index contributed by atoms with van der Waals surface area (Å²) in [5.41, 5.74) is 2.29. The monoisotopic (exact) mass is 306 g/mol. The third-order valence-electron chi connectivity index (χ3n) is 3.08. The van der Waals surface area contributed by atoms with Gasteiger partial charge in [0, 0.05) is 23.0 Å². The first kappa shape index (κ1) is 15.5. The summed E-state index contributed by atoms with van der Waals surface area (Å²) >= 11 is 5.97. The van der Waals surface area contributed by atoms with Crippen LogP contribution in [0.1, 0.15) is 54.9 Å². The molecule has 2 aromatic heterocycles. The molecule has 6 heteroatoms. The molecule has 0 radical (unpaired) electrons. The number of rotatable bonds is 5. The Labute approximate surface area is 129 Å².